The quantitative estimate of drug-likeness (QED) is 0.157. The van der Waals surface area contributed by atoms with E-state index in [4.69, 9.17) is 0 Å². The maximum Gasteiger partial charge on any atom is 0.0725 e. The predicted octanol–water partition coefficient (Wildman–Crippen LogP) is 15.9. The highest BCUT2D eigenvalue weighted by atomic mass is 15.0. The summed E-state index contributed by atoms with van der Waals surface area (Å²) in [5.41, 5.74) is 18.7. The molecule has 14 rings (SSSR count). The topological polar surface area (TPSA) is 4.93 Å². The summed E-state index contributed by atoms with van der Waals surface area (Å²) in [6.45, 7) is 0. The molecular weight excluding hydrogens is 747 g/mol. The van der Waals surface area contributed by atoms with Gasteiger partial charge in [0.2, 0.25) is 0 Å². The van der Waals surface area contributed by atoms with E-state index in [9.17, 15) is 0 Å². The fourth-order valence-electron chi connectivity index (χ4n) is 11.6. The van der Waals surface area contributed by atoms with Gasteiger partial charge in [0.15, 0.2) is 0 Å². The maximum atomic E-state index is 2.56. The third-order valence-corrected chi connectivity index (χ3v) is 14.2. The van der Waals surface area contributed by atoms with Gasteiger partial charge in [-0.1, -0.05) is 176 Å². The van der Waals surface area contributed by atoms with Crippen molar-refractivity contribution in [2.45, 2.75) is 5.41 Å². The van der Waals surface area contributed by atoms with Crippen molar-refractivity contribution < 1.29 is 0 Å². The monoisotopic (exact) mass is 783 g/mol. The van der Waals surface area contributed by atoms with Gasteiger partial charge in [0, 0.05) is 16.5 Å². The lowest BCUT2D eigenvalue weighted by Crippen LogP contribution is -2.25. The summed E-state index contributed by atoms with van der Waals surface area (Å²) in [5, 5.41) is 10.3. The van der Waals surface area contributed by atoms with Crippen molar-refractivity contribution in [2.75, 3.05) is 0 Å². The summed E-state index contributed by atoms with van der Waals surface area (Å²) in [4.78, 5) is 0. The van der Waals surface area contributed by atoms with Crippen LogP contribution in [0.2, 0.25) is 0 Å². The molecule has 1 heterocycles. The van der Waals surface area contributed by atoms with Crippen LogP contribution in [0.15, 0.2) is 224 Å². The van der Waals surface area contributed by atoms with Crippen molar-refractivity contribution in [3.05, 3.63) is 247 Å². The van der Waals surface area contributed by atoms with Crippen LogP contribution in [-0.2, 0) is 5.41 Å². The van der Waals surface area contributed by atoms with Crippen LogP contribution in [0.25, 0.3) is 104 Å². The Labute approximate surface area is 359 Å². The van der Waals surface area contributed by atoms with Crippen molar-refractivity contribution in [1.82, 2.24) is 4.57 Å². The number of hydrogen-bond acceptors (Lipinski definition) is 0. The molecule has 2 aliphatic carbocycles. The summed E-state index contributed by atoms with van der Waals surface area (Å²) >= 11 is 0. The average Bonchev–Trinajstić information content (AvgIpc) is 3.95. The summed E-state index contributed by atoms with van der Waals surface area (Å²) in [7, 11) is 0. The molecule has 11 aromatic carbocycles. The summed E-state index contributed by atoms with van der Waals surface area (Å²) in [6.07, 6.45) is 0. The fourth-order valence-corrected chi connectivity index (χ4v) is 11.6. The standard InChI is InChI=1S/C61H37N/c1-2-14-38(15-3-1)39-26-30-42(31-27-39)62-59-25-13-10-22-50(59)54-34-40(29-33-60(54)62)41-28-32-49-47-20-8-11-23-55(47)61(57(49)35-41)56-24-12-9-21-48(56)53-36-51-45-18-6-4-16-43(45)44-17-5-7-19-46(44)52(51)37-58(53)61/h1-37H. The van der Waals surface area contributed by atoms with Gasteiger partial charge in [-0.05, 0) is 148 Å². The molecule has 0 aliphatic heterocycles. The number of rotatable bonds is 3. The van der Waals surface area contributed by atoms with Crippen molar-refractivity contribution in [1.29, 1.82) is 0 Å². The van der Waals surface area contributed by atoms with Crippen LogP contribution in [0, 0.1) is 0 Å². The Hall–Kier alpha value is -8.00. The van der Waals surface area contributed by atoms with Gasteiger partial charge < -0.3 is 4.57 Å². The highest BCUT2D eigenvalue weighted by Crippen LogP contribution is 2.64. The summed E-state index contributed by atoms with van der Waals surface area (Å²) < 4.78 is 2.42. The minimum Gasteiger partial charge on any atom is -0.309 e. The maximum absolute atomic E-state index is 2.56. The van der Waals surface area contributed by atoms with Crippen LogP contribution in [0.3, 0.4) is 0 Å². The van der Waals surface area contributed by atoms with E-state index in [1.807, 2.05) is 0 Å². The van der Waals surface area contributed by atoms with E-state index in [0.717, 1.165) is 5.69 Å². The Balaban J connectivity index is 0.995. The van der Waals surface area contributed by atoms with E-state index in [0.29, 0.717) is 0 Å². The molecule has 0 amide bonds. The predicted molar refractivity (Wildman–Crippen MR) is 260 cm³/mol. The first kappa shape index (κ1) is 33.8. The molecule has 1 unspecified atom stereocenters. The molecule has 0 radical (unpaired) electrons. The molecule has 0 saturated carbocycles. The van der Waals surface area contributed by atoms with Crippen LogP contribution in [0.1, 0.15) is 22.3 Å². The molecule has 1 atom stereocenters. The number of para-hydroxylation sites is 1. The third kappa shape index (κ3) is 4.42. The lowest BCUT2D eigenvalue weighted by Gasteiger charge is -2.31. The summed E-state index contributed by atoms with van der Waals surface area (Å²) in [5.74, 6) is 0. The average molecular weight is 784 g/mol. The number of aromatic nitrogens is 1. The number of fused-ring (bicyclic) bond motifs is 19. The minimum absolute atomic E-state index is 0.471. The molecule has 1 heteroatoms. The van der Waals surface area contributed by atoms with Crippen LogP contribution in [0.4, 0.5) is 0 Å². The molecule has 0 fully saturated rings. The Morgan fingerprint density at radius 1 is 0.242 bits per heavy atom. The van der Waals surface area contributed by atoms with E-state index < -0.39 is 5.41 Å². The van der Waals surface area contributed by atoms with E-state index in [-0.39, 0.29) is 0 Å². The highest BCUT2D eigenvalue weighted by molar-refractivity contribution is 6.26. The van der Waals surface area contributed by atoms with Crippen molar-refractivity contribution >= 4 is 54.1 Å². The Morgan fingerprint density at radius 3 is 1.42 bits per heavy atom. The second-order valence-electron chi connectivity index (χ2n) is 17.1. The number of nitrogens with zero attached hydrogens (tertiary/aromatic N) is 1. The van der Waals surface area contributed by atoms with E-state index >= 15 is 0 Å². The molecule has 286 valence electrons. The molecule has 2 aliphatic rings. The first-order valence-electron chi connectivity index (χ1n) is 21.7. The van der Waals surface area contributed by atoms with E-state index in [1.165, 1.54) is 121 Å². The Bertz CT molecular complexity index is 3850. The fraction of sp³-hybridized carbons (Fsp3) is 0.0164. The van der Waals surface area contributed by atoms with Crippen LogP contribution >= 0.6 is 0 Å². The molecule has 62 heavy (non-hydrogen) atoms. The van der Waals surface area contributed by atoms with E-state index in [2.05, 4.69) is 229 Å². The summed E-state index contributed by atoms with van der Waals surface area (Å²) in [6, 6.07) is 84.1. The number of benzene rings is 11. The van der Waals surface area contributed by atoms with Gasteiger partial charge in [0.05, 0.1) is 16.4 Å². The van der Waals surface area contributed by atoms with Gasteiger partial charge in [-0.15, -0.1) is 0 Å². The van der Waals surface area contributed by atoms with Crippen molar-refractivity contribution in [3.63, 3.8) is 0 Å². The normalized spacial score (nSPS) is 14.8. The lowest BCUT2D eigenvalue weighted by molar-refractivity contribution is 0.795. The zero-order valence-electron chi connectivity index (χ0n) is 33.8. The van der Waals surface area contributed by atoms with E-state index in [1.54, 1.807) is 0 Å². The van der Waals surface area contributed by atoms with Crippen molar-refractivity contribution in [2.24, 2.45) is 0 Å². The van der Waals surface area contributed by atoms with Gasteiger partial charge in [-0.25, -0.2) is 0 Å². The second-order valence-corrected chi connectivity index (χ2v) is 17.1. The van der Waals surface area contributed by atoms with Gasteiger partial charge in [0.25, 0.3) is 0 Å². The van der Waals surface area contributed by atoms with Crippen LogP contribution < -0.4 is 0 Å². The molecular formula is C61H37N. The van der Waals surface area contributed by atoms with Crippen LogP contribution in [0.5, 0.6) is 0 Å². The molecule has 0 bridgehead atoms. The Kier molecular flexibility index (Phi) is 6.82. The molecule has 1 aromatic heterocycles. The van der Waals surface area contributed by atoms with Gasteiger partial charge in [-0.3, -0.25) is 0 Å². The largest absolute Gasteiger partial charge is 0.309 e. The van der Waals surface area contributed by atoms with Crippen molar-refractivity contribution in [3.8, 4) is 50.2 Å². The highest BCUT2D eigenvalue weighted by Gasteiger charge is 2.52. The van der Waals surface area contributed by atoms with Gasteiger partial charge in [0.1, 0.15) is 0 Å². The third-order valence-electron chi connectivity index (χ3n) is 14.2. The SMILES string of the molecule is c1ccc(-c2ccc(-n3c4ccccc4c4cc(-c5ccc6c(c5)C5(c7ccccc7-6)c6ccccc6-c6cc7c8ccccc8c8ccccc8c7cc65)ccc43)cc2)cc1. The molecule has 0 N–H and O–H groups in total. The smallest absolute Gasteiger partial charge is 0.0725 e. The first-order chi connectivity index (χ1) is 30.8. The minimum atomic E-state index is -0.471. The first-order valence-corrected chi connectivity index (χ1v) is 21.7. The zero-order valence-corrected chi connectivity index (χ0v) is 33.8. The Morgan fingerprint density at radius 2 is 0.710 bits per heavy atom. The molecule has 12 aromatic rings. The molecule has 0 saturated heterocycles. The zero-order chi connectivity index (χ0) is 40.5. The van der Waals surface area contributed by atoms with Crippen LogP contribution in [-0.4, -0.2) is 4.57 Å². The van der Waals surface area contributed by atoms with Gasteiger partial charge >= 0.3 is 0 Å². The second kappa shape index (κ2) is 12.5. The molecule has 1 spiro atoms. The number of hydrogen-bond donors (Lipinski definition) is 0. The van der Waals surface area contributed by atoms with Gasteiger partial charge in [-0.2, -0.15) is 0 Å². The lowest BCUT2D eigenvalue weighted by atomic mass is 9.70. The molecule has 1 nitrogen and oxygen atoms in total.